The van der Waals surface area contributed by atoms with Crippen LogP contribution in [-0.4, -0.2) is 45.4 Å². The Morgan fingerprint density at radius 2 is 1.73 bits per heavy atom. The van der Waals surface area contributed by atoms with Crippen LogP contribution in [0.4, 0.5) is 5.69 Å². The standard InChI is InChI=1S/C18H23N3O3S2/c1-12-5-4-6-15(14(12)3)20-7-9-21(10-8-20)18(22)17-13(2)11-16(25-17)26(19,23)24/h4-6,11H,7-10H2,1-3H3,(H2,19,23,24). The fourth-order valence-electron chi connectivity index (χ4n) is 3.18. The van der Waals surface area contributed by atoms with Crippen LogP contribution in [0.5, 0.6) is 0 Å². The predicted molar refractivity (Wildman–Crippen MR) is 104 cm³/mol. The maximum absolute atomic E-state index is 12.8. The highest BCUT2D eigenvalue weighted by Crippen LogP contribution is 2.28. The van der Waals surface area contributed by atoms with E-state index in [4.69, 9.17) is 5.14 Å². The summed E-state index contributed by atoms with van der Waals surface area (Å²) in [7, 11) is -3.78. The van der Waals surface area contributed by atoms with Gasteiger partial charge in [-0.25, -0.2) is 13.6 Å². The fourth-order valence-corrected chi connectivity index (χ4v) is 5.11. The van der Waals surface area contributed by atoms with Crippen molar-refractivity contribution < 1.29 is 13.2 Å². The van der Waals surface area contributed by atoms with Gasteiger partial charge >= 0.3 is 0 Å². The molecule has 1 aliphatic heterocycles. The third kappa shape index (κ3) is 3.62. The molecule has 0 saturated carbocycles. The lowest BCUT2D eigenvalue weighted by Crippen LogP contribution is -2.49. The molecule has 3 rings (SSSR count). The van der Waals surface area contributed by atoms with E-state index in [9.17, 15) is 13.2 Å². The van der Waals surface area contributed by atoms with E-state index >= 15 is 0 Å². The first kappa shape index (κ1) is 18.9. The zero-order valence-corrected chi connectivity index (χ0v) is 16.8. The maximum Gasteiger partial charge on any atom is 0.264 e. The molecule has 0 bridgehead atoms. The van der Waals surface area contributed by atoms with E-state index in [0.29, 0.717) is 23.5 Å². The maximum atomic E-state index is 12.8. The van der Waals surface area contributed by atoms with Gasteiger partial charge in [0, 0.05) is 31.9 Å². The smallest absolute Gasteiger partial charge is 0.264 e. The van der Waals surface area contributed by atoms with E-state index in [0.717, 1.165) is 24.4 Å². The van der Waals surface area contributed by atoms with Crippen molar-refractivity contribution in [1.82, 2.24) is 4.90 Å². The summed E-state index contributed by atoms with van der Waals surface area (Å²) in [5.74, 6) is -0.122. The Morgan fingerprint density at radius 1 is 1.08 bits per heavy atom. The van der Waals surface area contributed by atoms with E-state index in [1.165, 1.54) is 22.9 Å². The quantitative estimate of drug-likeness (QED) is 0.867. The van der Waals surface area contributed by atoms with E-state index in [1.807, 2.05) is 0 Å². The van der Waals surface area contributed by atoms with Gasteiger partial charge in [-0.05, 0) is 49.6 Å². The molecule has 1 amide bonds. The van der Waals surface area contributed by atoms with Crippen molar-refractivity contribution in [3.05, 3.63) is 45.8 Å². The molecule has 2 N–H and O–H groups in total. The van der Waals surface area contributed by atoms with E-state index in [2.05, 4.69) is 36.9 Å². The molecule has 0 atom stereocenters. The molecule has 2 aromatic rings. The lowest BCUT2D eigenvalue weighted by Gasteiger charge is -2.37. The highest BCUT2D eigenvalue weighted by molar-refractivity contribution is 7.91. The first-order chi connectivity index (χ1) is 12.2. The molecule has 8 heteroatoms. The summed E-state index contributed by atoms with van der Waals surface area (Å²) < 4.78 is 23.1. The SMILES string of the molecule is Cc1cc(S(N)(=O)=O)sc1C(=O)N1CCN(c2cccc(C)c2C)CC1. The van der Waals surface area contributed by atoms with Crippen LogP contribution in [0.3, 0.4) is 0 Å². The molecule has 0 spiro atoms. The summed E-state index contributed by atoms with van der Waals surface area (Å²) in [6, 6.07) is 7.74. The lowest BCUT2D eigenvalue weighted by molar-refractivity contribution is 0.0751. The Bertz CT molecular complexity index is 943. The number of sulfonamides is 1. The fraction of sp³-hybridized carbons (Fsp3) is 0.389. The number of hydrogen-bond donors (Lipinski definition) is 1. The second-order valence-corrected chi connectivity index (χ2v) is 9.46. The highest BCUT2D eigenvalue weighted by atomic mass is 32.2. The van der Waals surface area contributed by atoms with E-state index < -0.39 is 10.0 Å². The zero-order chi connectivity index (χ0) is 19.1. The molecular weight excluding hydrogens is 370 g/mol. The molecule has 0 unspecified atom stereocenters. The largest absolute Gasteiger partial charge is 0.368 e. The summed E-state index contributed by atoms with van der Waals surface area (Å²) in [6.07, 6.45) is 0. The van der Waals surface area contributed by atoms with E-state index in [1.54, 1.807) is 11.8 Å². The molecule has 0 aliphatic carbocycles. The number of anilines is 1. The second kappa shape index (κ2) is 7.02. The van der Waals surface area contributed by atoms with Crippen molar-refractivity contribution in [3.63, 3.8) is 0 Å². The highest BCUT2D eigenvalue weighted by Gasteiger charge is 2.26. The van der Waals surface area contributed by atoms with Gasteiger partial charge < -0.3 is 9.80 Å². The molecule has 1 aromatic heterocycles. The molecule has 1 aliphatic rings. The number of carbonyl (C=O) groups is 1. The van der Waals surface area contributed by atoms with Crippen molar-refractivity contribution >= 4 is 33.0 Å². The van der Waals surface area contributed by atoms with Gasteiger partial charge in [0.1, 0.15) is 4.21 Å². The summed E-state index contributed by atoms with van der Waals surface area (Å²) in [4.78, 5) is 17.3. The van der Waals surface area contributed by atoms with Crippen molar-refractivity contribution in [2.24, 2.45) is 5.14 Å². The molecule has 140 valence electrons. The zero-order valence-electron chi connectivity index (χ0n) is 15.2. The minimum Gasteiger partial charge on any atom is -0.368 e. The summed E-state index contributed by atoms with van der Waals surface area (Å²) >= 11 is 0.952. The van der Waals surface area contributed by atoms with Crippen molar-refractivity contribution in [2.75, 3.05) is 31.1 Å². The number of hydrogen-bond acceptors (Lipinski definition) is 5. The second-order valence-electron chi connectivity index (χ2n) is 6.62. The number of benzene rings is 1. The van der Waals surface area contributed by atoms with E-state index in [-0.39, 0.29) is 10.1 Å². The molecule has 1 saturated heterocycles. The predicted octanol–water partition coefficient (Wildman–Crippen LogP) is 2.28. The Morgan fingerprint density at radius 3 is 2.31 bits per heavy atom. The number of piperazine rings is 1. The van der Waals surface area contributed by atoms with Crippen LogP contribution >= 0.6 is 11.3 Å². The summed E-state index contributed by atoms with van der Waals surface area (Å²) in [5, 5.41) is 5.18. The topological polar surface area (TPSA) is 83.7 Å². The van der Waals surface area contributed by atoms with Crippen LogP contribution in [0.2, 0.25) is 0 Å². The van der Waals surface area contributed by atoms with Gasteiger partial charge in [0.25, 0.3) is 5.91 Å². The Balaban J connectivity index is 1.73. The number of amides is 1. The van der Waals surface area contributed by atoms with Crippen LogP contribution < -0.4 is 10.0 Å². The van der Waals surface area contributed by atoms with Gasteiger partial charge in [-0.15, -0.1) is 11.3 Å². The third-order valence-electron chi connectivity index (χ3n) is 4.85. The lowest BCUT2D eigenvalue weighted by atomic mass is 10.1. The summed E-state index contributed by atoms with van der Waals surface area (Å²) in [6.45, 7) is 8.67. The average molecular weight is 394 g/mol. The monoisotopic (exact) mass is 393 g/mol. The number of nitrogens with zero attached hydrogens (tertiary/aromatic N) is 2. The Kier molecular flexibility index (Phi) is 5.09. The van der Waals surface area contributed by atoms with Crippen molar-refractivity contribution in [1.29, 1.82) is 0 Å². The molecule has 6 nitrogen and oxygen atoms in total. The Labute approximate surface area is 158 Å². The molecular formula is C18H23N3O3S2. The van der Waals surface area contributed by atoms with Gasteiger partial charge in [-0.1, -0.05) is 12.1 Å². The van der Waals surface area contributed by atoms with Crippen molar-refractivity contribution in [2.45, 2.75) is 25.0 Å². The van der Waals surface area contributed by atoms with Gasteiger partial charge in [-0.3, -0.25) is 4.79 Å². The normalized spacial score (nSPS) is 15.4. The first-order valence-electron chi connectivity index (χ1n) is 8.42. The number of primary sulfonamides is 1. The van der Waals surface area contributed by atoms with Gasteiger partial charge in [0.05, 0.1) is 4.88 Å². The molecule has 0 radical (unpaired) electrons. The molecule has 1 aromatic carbocycles. The van der Waals surface area contributed by atoms with Crippen LogP contribution in [-0.2, 0) is 10.0 Å². The number of rotatable bonds is 3. The van der Waals surface area contributed by atoms with Crippen LogP contribution in [0.1, 0.15) is 26.4 Å². The average Bonchev–Trinajstić information content (AvgIpc) is 2.99. The van der Waals surface area contributed by atoms with Crippen LogP contribution in [0, 0.1) is 20.8 Å². The summed E-state index contributed by atoms with van der Waals surface area (Å²) in [5.41, 5.74) is 4.38. The molecule has 1 fully saturated rings. The van der Waals surface area contributed by atoms with Gasteiger partial charge in [0.15, 0.2) is 0 Å². The van der Waals surface area contributed by atoms with Gasteiger partial charge in [0.2, 0.25) is 10.0 Å². The molecule has 2 heterocycles. The minimum absolute atomic E-state index is 0.0346. The number of carbonyl (C=O) groups excluding carboxylic acids is 1. The van der Waals surface area contributed by atoms with Crippen LogP contribution in [0.25, 0.3) is 0 Å². The molecule has 26 heavy (non-hydrogen) atoms. The number of thiophene rings is 1. The minimum atomic E-state index is -3.78. The Hall–Kier alpha value is -1.90. The first-order valence-corrected chi connectivity index (χ1v) is 10.8. The van der Waals surface area contributed by atoms with Gasteiger partial charge in [-0.2, -0.15) is 0 Å². The number of aryl methyl sites for hydroxylation is 2. The number of nitrogens with two attached hydrogens (primary N) is 1. The third-order valence-corrected chi connectivity index (χ3v) is 7.50. The van der Waals surface area contributed by atoms with Crippen LogP contribution in [0.15, 0.2) is 28.5 Å². The van der Waals surface area contributed by atoms with Crippen molar-refractivity contribution in [3.8, 4) is 0 Å².